The largest absolute Gasteiger partial charge is 0.481 e. The van der Waals surface area contributed by atoms with Crippen molar-refractivity contribution in [3.8, 4) is 0 Å². The number of carboxylic acid groups (broad SMARTS) is 1. The first kappa shape index (κ1) is 53.2. The number of ether oxygens (including phenoxy) is 8. The van der Waals surface area contributed by atoms with Crippen molar-refractivity contribution >= 4 is 11.9 Å². The van der Waals surface area contributed by atoms with Gasteiger partial charge in [-0.25, -0.2) is 0 Å². The van der Waals surface area contributed by atoms with Gasteiger partial charge in [0, 0.05) is 0 Å². The molecular formula is C53H76O13. The first-order valence-electron chi connectivity index (χ1n) is 24.4. The molecule has 0 aliphatic carbocycles. The van der Waals surface area contributed by atoms with E-state index in [-0.39, 0.29) is 32.7 Å². The summed E-state index contributed by atoms with van der Waals surface area (Å²) in [6, 6.07) is 29.3. The molecule has 0 unspecified atom stereocenters. The molecule has 2 heterocycles. The molecule has 13 nitrogen and oxygen atoms in total. The van der Waals surface area contributed by atoms with Crippen molar-refractivity contribution in [2.24, 2.45) is 0 Å². The van der Waals surface area contributed by atoms with Crippen LogP contribution in [0, 0.1) is 0 Å². The zero-order valence-electron chi connectivity index (χ0n) is 39.5. The van der Waals surface area contributed by atoms with Gasteiger partial charge in [-0.15, -0.1) is 0 Å². The van der Waals surface area contributed by atoms with Gasteiger partial charge in [0.2, 0.25) is 0 Å². The maximum atomic E-state index is 13.7. The van der Waals surface area contributed by atoms with E-state index < -0.39 is 85.6 Å². The Kier molecular flexibility index (Phi) is 23.5. The lowest BCUT2D eigenvalue weighted by molar-refractivity contribution is -0.375. The zero-order valence-corrected chi connectivity index (χ0v) is 39.5. The maximum Gasteiger partial charge on any atom is 0.308 e. The van der Waals surface area contributed by atoms with E-state index in [1.807, 2.05) is 97.9 Å². The molecule has 0 aromatic heterocycles. The van der Waals surface area contributed by atoms with Crippen LogP contribution in [-0.2, 0) is 67.3 Å². The zero-order chi connectivity index (χ0) is 47.1. The molecule has 0 bridgehead atoms. The highest BCUT2D eigenvalue weighted by molar-refractivity contribution is 5.72. The molecule has 2 aliphatic rings. The second-order valence-corrected chi connectivity index (χ2v) is 17.9. The fourth-order valence-corrected chi connectivity index (χ4v) is 8.57. The first-order chi connectivity index (χ1) is 32.1. The van der Waals surface area contributed by atoms with Gasteiger partial charge >= 0.3 is 11.9 Å². The standard InChI is InChI=1S/C53H76O13/c1-5-7-9-11-22-30-42(32-44(54)55)64-45(56)33-43(31-23-12-10-8-6-2)65-52-49(47(58)46(57)37(3)62-52)66-53-51(61-36-41-28-20-15-21-29-41)50(60-35-40-26-18-14-19-27-40)48(38(4)63-53)59-34-39-24-16-13-17-25-39/h13-21,24-29,37-38,42-43,46-53,57-58H,5-12,22-23,30-36H2,1-4H3,(H,54,55)/t37-,38-,42+,43+,46-,47+,48-,49+,50+,51+,52-,53-/m0/s1. The first-order valence-corrected chi connectivity index (χ1v) is 24.4. The van der Waals surface area contributed by atoms with E-state index in [2.05, 4.69) is 13.8 Å². The highest BCUT2D eigenvalue weighted by Gasteiger charge is 2.52. The molecule has 3 aromatic carbocycles. The lowest BCUT2D eigenvalue weighted by Crippen LogP contribution is -2.64. The second-order valence-electron chi connectivity index (χ2n) is 17.9. The number of benzene rings is 3. The highest BCUT2D eigenvalue weighted by Crippen LogP contribution is 2.35. The Morgan fingerprint density at radius 2 is 1.02 bits per heavy atom. The Balaban J connectivity index is 1.41. The summed E-state index contributed by atoms with van der Waals surface area (Å²) in [5.74, 6) is -1.61. The third-order valence-corrected chi connectivity index (χ3v) is 12.3. The van der Waals surface area contributed by atoms with E-state index in [4.69, 9.17) is 37.9 Å². The summed E-state index contributed by atoms with van der Waals surface area (Å²) in [4.78, 5) is 25.5. The van der Waals surface area contributed by atoms with Crippen molar-refractivity contribution in [1.29, 1.82) is 0 Å². The summed E-state index contributed by atoms with van der Waals surface area (Å²) in [6.07, 6.45) is -1.65. The monoisotopic (exact) mass is 921 g/mol. The quantitative estimate of drug-likeness (QED) is 0.0428. The van der Waals surface area contributed by atoms with Crippen molar-refractivity contribution in [3.63, 3.8) is 0 Å². The second kappa shape index (κ2) is 29.2. The number of hydrogen-bond acceptors (Lipinski definition) is 12. The van der Waals surface area contributed by atoms with Crippen LogP contribution in [0.2, 0.25) is 0 Å². The number of unbranched alkanes of at least 4 members (excludes halogenated alkanes) is 8. The SMILES string of the molecule is CCCCCCC[C@H](CC(=O)O)OC(=O)C[C@@H](CCCCCCC)O[C@@H]1O[C@@H](C)[C@H](O)[C@@H](O)[C@H]1O[C@@H]1O[C@@H](C)[C@H](OCc2ccccc2)[C@@H](OCc2ccccc2)[C@H]1OCc1ccccc1. The summed E-state index contributed by atoms with van der Waals surface area (Å²) >= 11 is 0. The number of carboxylic acids is 1. The lowest BCUT2D eigenvalue weighted by Gasteiger charge is -2.48. The maximum absolute atomic E-state index is 13.7. The van der Waals surface area contributed by atoms with E-state index >= 15 is 0 Å². The normalized spacial score (nSPS) is 26.4. The Morgan fingerprint density at radius 3 is 1.53 bits per heavy atom. The van der Waals surface area contributed by atoms with Gasteiger partial charge in [-0.2, -0.15) is 0 Å². The van der Waals surface area contributed by atoms with Gasteiger partial charge < -0.3 is 53.2 Å². The third-order valence-electron chi connectivity index (χ3n) is 12.3. The Bertz CT molecular complexity index is 1770. The molecule has 0 spiro atoms. The molecule has 3 N–H and O–H groups in total. The molecule has 66 heavy (non-hydrogen) atoms. The van der Waals surface area contributed by atoms with Gasteiger partial charge in [-0.05, 0) is 49.8 Å². The van der Waals surface area contributed by atoms with Crippen LogP contribution in [0.15, 0.2) is 91.0 Å². The molecule has 366 valence electrons. The molecule has 3 aromatic rings. The van der Waals surface area contributed by atoms with Gasteiger partial charge in [0.25, 0.3) is 0 Å². The number of aliphatic hydroxyl groups is 2. The summed E-state index contributed by atoms with van der Waals surface area (Å²) in [7, 11) is 0. The van der Waals surface area contributed by atoms with E-state index in [1.165, 1.54) is 0 Å². The third kappa shape index (κ3) is 17.7. The average Bonchev–Trinajstić information content (AvgIpc) is 3.31. The highest BCUT2D eigenvalue weighted by atomic mass is 16.8. The minimum Gasteiger partial charge on any atom is -0.481 e. The molecule has 2 aliphatic heterocycles. The Hall–Kier alpha value is -3.76. The summed E-state index contributed by atoms with van der Waals surface area (Å²) < 4.78 is 52.3. The van der Waals surface area contributed by atoms with Crippen molar-refractivity contribution in [2.75, 3.05) is 0 Å². The fourth-order valence-electron chi connectivity index (χ4n) is 8.57. The van der Waals surface area contributed by atoms with E-state index in [0.29, 0.717) is 12.8 Å². The van der Waals surface area contributed by atoms with Crippen LogP contribution < -0.4 is 0 Å². The van der Waals surface area contributed by atoms with Gasteiger partial charge in [-0.3, -0.25) is 9.59 Å². The van der Waals surface area contributed by atoms with E-state index in [0.717, 1.165) is 80.9 Å². The molecule has 5 rings (SSSR count). The van der Waals surface area contributed by atoms with Crippen molar-refractivity contribution in [3.05, 3.63) is 108 Å². The molecule has 0 amide bonds. The molecular weight excluding hydrogens is 845 g/mol. The van der Waals surface area contributed by atoms with Crippen LogP contribution in [-0.4, -0.2) is 101 Å². The summed E-state index contributed by atoms with van der Waals surface area (Å²) in [5.41, 5.74) is 2.82. The summed E-state index contributed by atoms with van der Waals surface area (Å²) in [5, 5.41) is 32.7. The van der Waals surface area contributed by atoms with Crippen LogP contribution in [0.3, 0.4) is 0 Å². The smallest absolute Gasteiger partial charge is 0.308 e. The van der Waals surface area contributed by atoms with Gasteiger partial charge in [0.05, 0.1) is 51.0 Å². The van der Waals surface area contributed by atoms with Crippen LogP contribution in [0.25, 0.3) is 0 Å². The van der Waals surface area contributed by atoms with Gasteiger partial charge in [0.15, 0.2) is 12.6 Å². The van der Waals surface area contributed by atoms with E-state index in [9.17, 15) is 24.9 Å². The molecule has 13 heteroatoms. The number of carbonyl (C=O) groups is 2. The Morgan fingerprint density at radius 1 is 0.545 bits per heavy atom. The molecule has 0 saturated carbocycles. The van der Waals surface area contributed by atoms with E-state index in [1.54, 1.807) is 6.92 Å². The number of hydrogen-bond donors (Lipinski definition) is 3. The Labute approximate surface area is 392 Å². The predicted octanol–water partition coefficient (Wildman–Crippen LogP) is 9.22. The van der Waals surface area contributed by atoms with Crippen LogP contribution in [0.1, 0.15) is 134 Å². The number of aliphatic hydroxyl groups excluding tert-OH is 2. The average molecular weight is 921 g/mol. The van der Waals surface area contributed by atoms with Crippen molar-refractivity contribution < 1.29 is 62.8 Å². The van der Waals surface area contributed by atoms with Crippen LogP contribution in [0.5, 0.6) is 0 Å². The molecule has 2 saturated heterocycles. The number of carbonyl (C=O) groups excluding carboxylic acids is 1. The molecule has 2 fully saturated rings. The fraction of sp³-hybridized carbons (Fsp3) is 0.623. The van der Waals surface area contributed by atoms with Crippen molar-refractivity contribution in [1.82, 2.24) is 0 Å². The number of rotatable bonds is 30. The minimum atomic E-state index is -1.49. The minimum absolute atomic E-state index is 0.172. The number of aliphatic carboxylic acids is 1. The summed E-state index contributed by atoms with van der Waals surface area (Å²) in [6.45, 7) is 8.48. The molecule has 0 radical (unpaired) electrons. The lowest BCUT2D eigenvalue weighted by atomic mass is 9.97. The predicted molar refractivity (Wildman–Crippen MR) is 249 cm³/mol. The molecule has 12 atom stereocenters. The van der Waals surface area contributed by atoms with Gasteiger partial charge in [0.1, 0.15) is 42.7 Å². The van der Waals surface area contributed by atoms with Gasteiger partial charge in [-0.1, -0.05) is 163 Å². The van der Waals surface area contributed by atoms with Crippen LogP contribution >= 0.6 is 0 Å². The van der Waals surface area contributed by atoms with Crippen molar-refractivity contribution in [2.45, 2.75) is 211 Å². The van der Waals surface area contributed by atoms with Crippen LogP contribution in [0.4, 0.5) is 0 Å². The number of esters is 1. The topological polar surface area (TPSA) is 169 Å².